The van der Waals surface area contributed by atoms with Gasteiger partial charge in [0, 0.05) is 5.41 Å². The van der Waals surface area contributed by atoms with Crippen molar-refractivity contribution in [2.45, 2.75) is 60.8 Å². The van der Waals surface area contributed by atoms with Crippen molar-refractivity contribution in [3.8, 4) is 0 Å². The number of ketones is 1. The van der Waals surface area contributed by atoms with Crippen LogP contribution in [0.5, 0.6) is 0 Å². The average Bonchev–Trinajstić information content (AvgIpc) is 1.98. The maximum absolute atomic E-state index is 11.6. The Morgan fingerprint density at radius 3 is 1.54 bits per heavy atom. The molecule has 0 saturated heterocycles. The SMILES string of the molecule is CCC(CC)(CC(C)(C)C)C(C)=O. The van der Waals surface area contributed by atoms with E-state index in [4.69, 9.17) is 0 Å². The Morgan fingerprint density at radius 1 is 1.08 bits per heavy atom. The van der Waals surface area contributed by atoms with Gasteiger partial charge in [-0.05, 0) is 31.6 Å². The summed E-state index contributed by atoms with van der Waals surface area (Å²) in [6.45, 7) is 12.6. The summed E-state index contributed by atoms with van der Waals surface area (Å²) < 4.78 is 0. The highest BCUT2D eigenvalue weighted by atomic mass is 16.1. The molecule has 0 spiro atoms. The molecule has 0 heterocycles. The maximum Gasteiger partial charge on any atom is 0.135 e. The van der Waals surface area contributed by atoms with Crippen LogP contribution < -0.4 is 0 Å². The zero-order valence-corrected chi connectivity index (χ0v) is 10.0. The summed E-state index contributed by atoms with van der Waals surface area (Å²) >= 11 is 0. The second-order valence-electron chi connectivity index (χ2n) is 5.28. The second-order valence-corrected chi connectivity index (χ2v) is 5.28. The van der Waals surface area contributed by atoms with E-state index in [1.165, 1.54) is 0 Å². The summed E-state index contributed by atoms with van der Waals surface area (Å²) in [6, 6.07) is 0. The molecule has 0 aromatic heterocycles. The van der Waals surface area contributed by atoms with Crippen LogP contribution >= 0.6 is 0 Å². The van der Waals surface area contributed by atoms with E-state index in [1.807, 2.05) is 0 Å². The lowest BCUT2D eigenvalue weighted by Crippen LogP contribution is -2.32. The fraction of sp³-hybridized carbons (Fsp3) is 0.917. The largest absolute Gasteiger partial charge is 0.299 e. The molecule has 13 heavy (non-hydrogen) atoms. The average molecular weight is 184 g/mol. The molecule has 0 N–H and O–H groups in total. The van der Waals surface area contributed by atoms with E-state index in [0.29, 0.717) is 5.78 Å². The highest BCUT2D eigenvalue weighted by Gasteiger charge is 2.35. The zero-order chi connectivity index (χ0) is 10.7. The third-order valence-electron chi connectivity index (χ3n) is 2.97. The van der Waals surface area contributed by atoms with Crippen molar-refractivity contribution in [1.29, 1.82) is 0 Å². The standard InChI is InChI=1S/C12H24O/c1-7-12(8-2,10(3)13)9-11(4,5)6/h7-9H2,1-6H3. The van der Waals surface area contributed by atoms with E-state index < -0.39 is 0 Å². The molecular weight excluding hydrogens is 160 g/mol. The van der Waals surface area contributed by atoms with Gasteiger partial charge in [-0.3, -0.25) is 4.79 Å². The molecule has 1 heteroatoms. The van der Waals surface area contributed by atoms with Gasteiger partial charge in [-0.2, -0.15) is 0 Å². The summed E-state index contributed by atoms with van der Waals surface area (Å²) in [6.07, 6.45) is 2.94. The summed E-state index contributed by atoms with van der Waals surface area (Å²) in [5.74, 6) is 0.354. The molecule has 0 aliphatic heterocycles. The number of hydrogen-bond donors (Lipinski definition) is 0. The Bertz CT molecular complexity index is 170. The van der Waals surface area contributed by atoms with Crippen LogP contribution in [0.15, 0.2) is 0 Å². The fourth-order valence-corrected chi connectivity index (χ4v) is 2.14. The van der Waals surface area contributed by atoms with Crippen LogP contribution in [0.2, 0.25) is 0 Å². The Kier molecular flexibility index (Phi) is 4.15. The molecule has 0 amide bonds. The van der Waals surface area contributed by atoms with Crippen LogP contribution in [0, 0.1) is 10.8 Å². The van der Waals surface area contributed by atoms with Gasteiger partial charge in [0.2, 0.25) is 0 Å². The molecule has 1 nitrogen and oxygen atoms in total. The Labute approximate surface area is 82.9 Å². The molecule has 0 fully saturated rings. The normalized spacial score (nSPS) is 13.1. The quantitative estimate of drug-likeness (QED) is 0.649. The maximum atomic E-state index is 11.6. The van der Waals surface area contributed by atoms with E-state index in [9.17, 15) is 4.79 Å². The molecule has 0 aromatic rings. The van der Waals surface area contributed by atoms with Crippen molar-refractivity contribution in [3.63, 3.8) is 0 Å². The number of carbonyl (C=O) groups is 1. The Morgan fingerprint density at radius 2 is 1.46 bits per heavy atom. The lowest BCUT2D eigenvalue weighted by atomic mass is 9.68. The van der Waals surface area contributed by atoms with Gasteiger partial charge >= 0.3 is 0 Å². The molecule has 0 saturated carbocycles. The molecule has 0 bridgehead atoms. The van der Waals surface area contributed by atoms with E-state index in [-0.39, 0.29) is 10.8 Å². The molecule has 0 rings (SSSR count). The predicted octanol–water partition coefficient (Wildman–Crippen LogP) is 3.82. The minimum atomic E-state index is -0.0712. The van der Waals surface area contributed by atoms with E-state index in [0.717, 1.165) is 19.3 Å². The van der Waals surface area contributed by atoms with Crippen molar-refractivity contribution in [2.75, 3.05) is 0 Å². The summed E-state index contributed by atoms with van der Waals surface area (Å²) in [4.78, 5) is 11.6. The van der Waals surface area contributed by atoms with E-state index in [2.05, 4.69) is 34.6 Å². The number of carbonyl (C=O) groups excluding carboxylic acids is 1. The summed E-state index contributed by atoms with van der Waals surface area (Å²) in [5.41, 5.74) is 0.177. The van der Waals surface area contributed by atoms with Gasteiger partial charge < -0.3 is 0 Å². The monoisotopic (exact) mass is 184 g/mol. The Hall–Kier alpha value is -0.330. The van der Waals surface area contributed by atoms with Crippen molar-refractivity contribution < 1.29 is 4.79 Å². The first-order chi connectivity index (χ1) is 5.77. The third-order valence-corrected chi connectivity index (χ3v) is 2.97. The molecule has 78 valence electrons. The second kappa shape index (κ2) is 4.26. The smallest absolute Gasteiger partial charge is 0.135 e. The fourth-order valence-electron chi connectivity index (χ4n) is 2.14. The first-order valence-electron chi connectivity index (χ1n) is 5.28. The van der Waals surface area contributed by atoms with Gasteiger partial charge in [-0.25, -0.2) is 0 Å². The molecule has 0 radical (unpaired) electrons. The zero-order valence-electron chi connectivity index (χ0n) is 10.0. The Balaban J connectivity index is 4.69. The van der Waals surface area contributed by atoms with Gasteiger partial charge in [-0.15, -0.1) is 0 Å². The first-order valence-corrected chi connectivity index (χ1v) is 5.28. The minimum absolute atomic E-state index is 0.0712. The lowest BCUT2D eigenvalue weighted by molar-refractivity contribution is -0.128. The van der Waals surface area contributed by atoms with Crippen LogP contribution in [0.25, 0.3) is 0 Å². The molecule has 0 aliphatic rings. The van der Waals surface area contributed by atoms with Gasteiger partial charge in [0.1, 0.15) is 5.78 Å². The van der Waals surface area contributed by atoms with Crippen molar-refractivity contribution >= 4 is 5.78 Å². The van der Waals surface area contributed by atoms with Gasteiger partial charge in [0.05, 0.1) is 0 Å². The summed E-state index contributed by atoms with van der Waals surface area (Å²) in [7, 11) is 0. The van der Waals surface area contributed by atoms with Crippen molar-refractivity contribution in [1.82, 2.24) is 0 Å². The van der Waals surface area contributed by atoms with Crippen molar-refractivity contribution in [2.24, 2.45) is 10.8 Å². The van der Waals surface area contributed by atoms with Crippen LogP contribution in [0.1, 0.15) is 60.8 Å². The van der Waals surface area contributed by atoms with Crippen LogP contribution in [-0.2, 0) is 4.79 Å². The molecule has 0 unspecified atom stereocenters. The lowest BCUT2D eigenvalue weighted by Gasteiger charge is -2.35. The van der Waals surface area contributed by atoms with E-state index in [1.54, 1.807) is 6.92 Å². The van der Waals surface area contributed by atoms with Crippen LogP contribution in [0.4, 0.5) is 0 Å². The van der Waals surface area contributed by atoms with Crippen LogP contribution in [-0.4, -0.2) is 5.78 Å². The number of Topliss-reactive ketones (excluding diaryl/α,β-unsaturated/α-hetero) is 1. The minimum Gasteiger partial charge on any atom is -0.299 e. The molecular formula is C12H24O. The molecule has 0 atom stereocenters. The molecule has 0 aromatic carbocycles. The summed E-state index contributed by atoms with van der Waals surface area (Å²) in [5, 5.41) is 0. The number of rotatable bonds is 4. The van der Waals surface area contributed by atoms with E-state index >= 15 is 0 Å². The van der Waals surface area contributed by atoms with Crippen LogP contribution in [0.3, 0.4) is 0 Å². The van der Waals surface area contributed by atoms with Crippen molar-refractivity contribution in [3.05, 3.63) is 0 Å². The highest BCUT2D eigenvalue weighted by Crippen LogP contribution is 2.39. The highest BCUT2D eigenvalue weighted by molar-refractivity contribution is 5.82. The molecule has 0 aliphatic carbocycles. The van der Waals surface area contributed by atoms with Gasteiger partial charge in [0.15, 0.2) is 0 Å². The first kappa shape index (κ1) is 12.7. The van der Waals surface area contributed by atoms with Gasteiger partial charge in [-0.1, -0.05) is 34.6 Å². The topological polar surface area (TPSA) is 17.1 Å². The third kappa shape index (κ3) is 3.50. The predicted molar refractivity (Wildman–Crippen MR) is 57.8 cm³/mol. The van der Waals surface area contributed by atoms with Gasteiger partial charge in [0.25, 0.3) is 0 Å². The number of hydrogen-bond acceptors (Lipinski definition) is 1.